The highest BCUT2D eigenvalue weighted by molar-refractivity contribution is 5.98. The molecule has 1 saturated carbocycles. The zero-order chi connectivity index (χ0) is 19.1. The topological polar surface area (TPSA) is 59.6 Å². The van der Waals surface area contributed by atoms with Gasteiger partial charge in [-0.2, -0.15) is 0 Å². The molecule has 0 bridgehead atoms. The van der Waals surface area contributed by atoms with Crippen molar-refractivity contribution in [2.75, 3.05) is 20.3 Å². The van der Waals surface area contributed by atoms with Gasteiger partial charge in [-0.25, -0.2) is 0 Å². The summed E-state index contributed by atoms with van der Waals surface area (Å²) < 4.78 is 11.6. The highest BCUT2D eigenvalue weighted by Crippen LogP contribution is 2.51. The number of carbonyl (C=O) groups is 1. The fraction of sp³-hybridized carbons (Fsp3) is 0.435. The van der Waals surface area contributed by atoms with Gasteiger partial charge in [0.2, 0.25) is 0 Å². The number of benzene rings is 2. The zero-order valence-electron chi connectivity index (χ0n) is 16.2. The van der Waals surface area contributed by atoms with Crippen LogP contribution in [0.4, 0.5) is 0 Å². The van der Waals surface area contributed by atoms with Crippen molar-refractivity contribution >= 4 is 5.91 Å². The average Bonchev–Trinajstić information content (AvgIpc) is 3.41. The Hall–Kier alpha value is -2.53. The van der Waals surface area contributed by atoms with Gasteiger partial charge in [-0.15, -0.1) is 0 Å². The third-order valence-corrected chi connectivity index (χ3v) is 6.66. The molecule has 1 unspecified atom stereocenters. The molecule has 1 amide bonds. The third kappa shape index (κ3) is 3.04. The lowest BCUT2D eigenvalue weighted by molar-refractivity contribution is 0.0965. The van der Waals surface area contributed by atoms with Crippen LogP contribution in [0.2, 0.25) is 0 Å². The van der Waals surface area contributed by atoms with Gasteiger partial charge in [-0.3, -0.25) is 4.79 Å². The molecule has 5 rings (SSSR count). The van der Waals surface area contributed by atoms with Crippen molar-refractivity contribution in [2.45, 2.75) is 37.3 Å². The summed E-state index contributed by atoms with van der Waals surface area (Å²) in [5.74, 6) is 2.55. The molecule has 5 nitrogen and oxygen atoms in total. The van der Waals surface area contributed by atoms with Gasteiger partial charge in [-0.05, 0) is 67.1 Å². The smallest absolute Gasteiger partial charge is 0.252 e. The Morgan fingerprint density at radius 3 is 2.64 bits per heavy atom. The van der Waals surface area contributed by atoms with Crippen LogP contribution in [0.25, 0.3) is 0 Å². The SMILES string of the molecule is COc1ccc([C@H]2CCNC3(CC3)C2COc2ccc3c(c2)C(=O)NC3)cc1. The number of amides is 1. The molecular formula is C23H26N2O3. The second-order valence-electron chi connectivity index (χ2n) is 8.17. The van der Waals surface area contributed by atoms with Crippen LogP contribution in [-0.2, 0) is 6.54 Å². The maximum atomic E-state index is 11.9. The van der Waals surface area contributed by atoms with E-state index in [9.17, 15) is 4.79 Å². The number of rotatable bonds is 5. The Bertz CT molecular complexity index is 889. The molecule has 2 fully saturated rings. The molecule has 2 N–H and O–H groups in total. The molecular weight excluding hydrogens is 352 g/mol. The highest BCUT2D eigenvalue weighted by atomic mass is 16.5. The van der Waals surface area contributed by atoms with Crippen LogP contribution < -0.4 is 20.1 Å². The van der Waals surface area contributed by atoms with E-state index in [0.717, 1.165) is 35.6 Å². The van der Waals surface area contributed by atoms with Crippen molar-refractivity contribution in [3.63, 3.8) is 0 Å². The summed E-state index contributed by atoms with van der Waals surface area (Å²) in [4.78, 5) is 11.9. The van der Waals surface area contributed by atoms with E-state index in [4.69, 9.17) is 9.47 Å². The number of nitrogens with one attached hydrogen (secondary N) is 2. The first-order valence-corrected chi connectivity index (χ1v) is 10.1. The Morgan fingerprint density at radius 2 is 1.89 bits per heavy atom. The summed E-state index contributed by atoms with van der Waals surface area (Å²) in [5.41, 5.74) is 3.35. The summed E-state index contributed by atoms with van der Waals surface area (Å²) in [6.45, 7) is 2.32. The summed E-state index contributed by atoms with van der Waals surface area (Å²) in [6.07, 6.45) is 3.52. The molecule has 28 heavy (non-hydrogen) atoms. The minimum atomic E-state index is -0.00504. The Labute approximate surface area is 165 Å². The predicted octanol–water partition coefficient (Wildman–Crippen LogP) is 3.24. The molecule has 0 radical (unpaired) electrons. The van der Waals surface area contributed by atoms with Crippen molar-refractivity contribution in [1.82, 2.24) is 10.6 Å². The maximum Gasteiger partial charge on any atom is 0.252 e. The number of piperidine rings is 1. The van der Waals surface area contributed by atoms with E-state index in [0.29, 0.717) is 25.0 Å². The van der Waals surface area contributed by atoms with Crippen molar-refractivity contribution in [3.05, 3.63) is 59.2 Å². The van der Waals surface area contributed by atoms with Crippen LogP contribution in [0.15, 0.2) is 42.5 Å². The van der Waals surface area contributed by atoms with Crippen molar-refractivity contribution in [1.29, 1.82) is 0 Å². The normalized spacial score (nSPS) is 24.5. The van der Waals surface area contributed by atoms with Gasteiger partial charge >= 0.3 is 0 Å². The van der Waals surface area contributed by atoms with Gasteiger partial charge in [0.25, 0.3) is 5.91 Å². The number of carbonyl (C=O) groups excluding carboxylic acids is 1. The van der Waals surface area contributed by atoms with Crippen LogP contribution in [-0.4, -0.2) is 31.7 Å². The van der Waals surface area contributed by atoms with Crippen LogP contribution >= 0.6 is 0 Å². The van der Waals surface area contributed by atoms with Crippen LogP contribution in [0.3, 0.4) is 0 Å². The second kappa shape index (κ2) is 6.82. The average molecular weight is 378 g/mol. The van der Waals surface area contributed by atoms with E-state index < -0.39 is 0 Å². The zero-order valence-corrected chi connectivity index (χ0v) is 16.2. The minimum absolute atomic E-state index is 0.00504. The molecule has 2 aromatic rings. The van der Waals surface area contributed by atoms with E-state index in [1.165, 1.54) is 18.4 Å². The Balaban J connectivity index is 1.36. The summed E-state index contributed by atoms with van der Waals surface area (Å²) in [5, 5.41) is 6.62. The molecule has 2 atom stereocenters. The number of methoxy groups -OCH3 is 1. The van der Waals surface area contributed by atoms with E-state index in [2.05, 4.69) is 22.8 Å². The van der Waals surface area contributed by atoms with E-state index in [1.807, 2.05) is 30.3 Å². The number of ether oxygens (including phenoxy) is 2. The summed E-state index contributed by atoms with van der Waals surface area (Å²) in [6, 6.07) is 14.3. The standard InChI is InChI=1S/C23H26N2O3/c1-27-17-5-2-15(3-6-17)19-8-11-25-23(9-10-23)21(19)14-28-18-7-4-16-13-24-22(26)20(16)12-18/h2-7,12,19,21,25H,8-11,13-14H2,1H3,(H,24,26)/t19-,21?/m1/s1. The Kier molecular flexibility index (Phi) is 4.27. The second-order valence-corrected chi connectivity index (χ2v) is 8.17. The number of fused-ring (bicyclic) bond motifs is 1. The third-order valence-electron chi connectivity index (χ3n) is 6.66. The number of hydrogen-bond acceptors (Lipinski definition) is 4. The summed E-state index contributed by atoms with van der Waals surface area (Å²) >= 11 is 0. The monoisotopic (exact) mass is 378 g/mol. The predicted molar refractivity (Wildman–Crippen MR) is 107 cm³/mol. The molecule has 1 spiro atoms. The molecule has 2 heterocycles. The van der Waals surface area contributed by atoms with Gasteiger partial charge < -0.3 is 20.1 Å². The molecule has 146 valence electrons. The van der Waals surface area contributed by atoms with Gasteiger partial charge in [-0.1, -0.05) is 18.2 Å². The molecule has 1 saturated heterocycles. The fourth-order valence-corrected chi connectivity index (χ4v) is 4.87. The van der Waals surface area contributed by atoms with E-state index in [-0.39, 0.29) is 11.4 Å². The highest BCUT2D eigenvalue weighted by Gasteiger charge is 2.54. The lowest BCUT2D eigenvalue weighted by atomic mass is 9.75. The van der Waals surface area contributed by atoms with Crippen LogP contribution in [0, 0.1) is 5.92 Å². The molecule has 2 aliphatic heterocycles. The van der Waals surface area contributed by atoms with Crippen molar-refractivity contribution in [2.24, 2.45) is 5.92 Å². The van der Waals surface area contributed by atoms with Gasteiger partial charge in [0.1, 0.15) is 11.5 Å². The van der Waals surface area contributed by atoms with Gasteiger partial charge in [0.05, 0.1) is 13.7 Å². The lowest BCUT2D eigenvalue weighted by Crippen LogP contribution is -2.49. The quantitative estimate of drug-likeness (QED) is 0.839. The maximum absolute atomic E-state index is 11.9. The van der Waals surface area contributed by atoms with Gasteiger partial charge in [0, 0.05) is 23.6 Å². The van der Waals surface area contributed by atoms with Crippen LogP contribution in [0.1, 0.15) is 46.7 Å². The first-order chi connectivity index (χ1) is 13.7. The molecule has 3 aliphatic rings. The van der Waals surface area contributed by atoms with E-state index >= 15 is 0 Å². The lowest BCUT2D eigenvalue weighted by Gasteiger charge is -2.40. The summed E-state index contributed by atoms with van der Waals surface area (Å²) in [7, 11) is 1.70. The largest absolute Gasteiger partial charge is 0.497 e. The van der Waals surface area contributed by atoms with Gasteiger partial charge in [0.15, 0.2) is 0 Å². The molecule has 5 heteroatoms. The minimum Gasteiger partial charge on any atom is -0.497 e. The van der Waals surface area contributed by atoms with Crippen LogP contribution in [0.5, 0.6) is 11.5 Å². The molecule has 0 aromatic heterocycles. The fourth-order valence-electron chi connectivity index (χ4n) is 4.87. The van der Waals surface area contributed by atoms with E-state index in [1.54, 1.807) is 7.11 Å². The van der Waals surface area contributed by atoms with Crippen molar-refractivity contribution in [3.8, 4) is 11.5 Å². The molecule has 1 aliphatic carbocycles. The Morgan fingerprint density at radius 1 is 1.11 bits per heavy atom. The first kappa shape index (κ1) is 17.6. The molecule has 2 aromatic carbocycles. The first-order valence-electron chi connectivity index (χ1n) is 10.1. The van der Waals surface area contributed by atoms with Crippen molar-refractivity contribution < 1.29 is 14.3 Å². The number of hydrogen-bond donors (Lipinski definition) is 2.